The summed E-state index contributed by atoms with van der Waals surface area (Å²) in [5, 5.41) is 0. The Labute approximate surface area is 91.9 Å². The van der Waals surface area contributed by atoms with Crippen molar-refractivity contribution in [2.24, 2.45) is 0 Å². The molecule has 0 radical (unpaired) electrons. The topological polar surface area (TPSA) is 20.3 Å². The van der Waals surface area contributed by atoms with Gasteiger partial charge in [0.05, 0.1) is 0 Å². The molecule has 0 N–H and O–H groups in total. The molecule has 0 heterocycles. The van der Waals surface area contributed by atoms with Crippen molar-refractivity contribution in [1.29, 1.82) is 0 Å². The number of benzene rings is 1. The quantitative estimate of drug-likeness (QED) is 0.735. The Hall–Kier alpha value is -1.15. The fourth-order valence-corrected chi connectivity index (χ4v) is 1.55. The van der Waals surface area contributed by atoms with Gasteiger partial charge in [-0.1, -0.05) is 29.8 Å². The van der Waals surface area contributed by atoms with Gasteiger partial charge < -0.3 is 4.90 Å². The molecule has 0 saturated heterocycles. The van der Waals surface area contributed by atoms with Gasteiger partial charge in [0.15, 0.2) is 0 Å². The van der Waals surface area contributed by atoms with Gasteiger partial charge in [0.2, 0.25) is 0 Å². The van der Waals surface area contributed by atoms with Crippen LogP contribution in [0.3, 0.4) is 0 Å². The second kappa shape index (κ2) is 5.66. The molecule has 0 aliphatic rings. The van der Waals surface area contributed by atoms with Crippen LogP contribution in [0.1, 0.15) is 24.5 Å². The Morgan fingerprint density at radius 3 is 2.73 bits per heavy atom. The highest BCUT2D eigenvalue weighted by Gasteiger charge is 2.01. The summed E-state index contributed by atoms with van der Waals surface area (Å²) in [7, 11) is 2.05. The van der Waals surface area contributed by atoms with Gasteiger partial charge in [-0.3, -0.25) is 4.79 Å². The van der Waals surface area contributed by atoms with Gasteiger partial charge in [-0.05, 0) is 26.5 Å². The Balaban J connectivity index is 2.44. The second-order valence-corrected chi connectivity index (χ2v) is 4.18. The predicted octanol–water partition coefficient (Wildman–Crippen LogP) is 2.41. The Kier molecular flexibility index (Phi) is 4.50. The monoisotopic (exact) mass is 205 g/mol. The van der Waals surface area contributed by atoms with E-state index in [4.69, 9.17) is 0 Å². The molecular formula is C13H19NO. The number of hydrogen-bond acceptors (Lipinski definition) is 2. The molecule has 2 nitrogen and oxygen atoms in total. The Morgan fingerprint density at radius 2 is 2.13 bits per heavy atom. The van der Waals surface area contributed by atoms with Crippen LogP contribution < -0.4 is 0 Å². The average Bonchev–Trinajstić information content (AvgIpc) is 2.15. The average molecular weight is 205 g/mol. The summed E-state index contributed by atoms with van der Waals surface area (Å²) in [6, 6.07) is 8.48. The maximum Gasteiger partial charge on any atom is 0.131 e. The van der Waals surface area contributed by atoms with Crippen molar-refractivity contribution in [1.82, 2.24) is 4.90 Å². The molecule has 0 saturated carbocycles. The number of carbonyl (C=O) groups excluding carboxylic acids is 1. The minimum atomic E-state index is 0.256. The third kappa shape index (κ3) is 4.75. The predicted molar refractivity (Wildman–Crippen MR) is 62.8 cm³/mol. The van der Waals surface area contributed by atoms with E-state index in [-0.39, 0.29) is 5.78 Å². The fourth-order valence-electron chi connectivity index (χ4n) is 1.55. The first kappa shape index (κ1) is 11.9. The molecule has 0 aliphatic carbocycles. The van der Waals surface area contributed by atoms with Crippen molar-refractivity contribution < 1.29 is 4.79 Å². The van der Waals surface area contributed by atoms with Crippen LogP contribution in [0.5, 0.6) is 0 Å². The van der Waals surface area contributed by atoms with Crippen LogP contribution in [0, 0.1) is 6.92 Å². The normalized spacial score (nSPS) is 10.7. The van der Waals surface area contributed by atoms with Crippen molar-refractivity contribution in [2.45, 2.75) is 26.8 Å². The summed E-state index contributed by atoms with van der Waals surface area (Å²) >= 11 is 0. The van der Waals surface area contributed by atoms with Gasteiger partial charge in [-0.2, -0.15) is 0 Å². The van der Waals surface area contributed by atoms with Gasteiger partial charge >= 0.3 is 0 Å². The molecule has 15 heavy (non-hydrogen) atoms. The van der Waals surface area contributed by atoms with Gasteiger partial charge in [0.1, 0.15) is 5.78 Å². The van der Waals surface area contributed by atoms with E-state index in [1.165, 1.54) is 11.1 Å². The lowest BCUT2D eigenvalue weighted by Gasteiger charge is -2.15. The third-order valence-corrected chi connectivity index (χ3v) is 2.38. The number of Topliss-reactive ketones (excluding diaryl/α,β-unsaturated/α-hetero) is 1. The minimum absolute atomic E-state index is 0.256. The van der Waals surface area contributed by atoms with Gasteiger partial charge in [-0.25, -0.2) is 0 Å². The van der Waals surface area contributed by atoms with E-state index in [0.717, 1.165) is 13.1 Å². The number of carbonyl (C=O) groups is 1. The summed E-state index contributed by atoms with van der Waals surface area (Å²) in [5.74, 6) is 0.256. The molecular weight excluding hydrogens is 186 g/mol. The lowest BCUT2D eigenvalue weighted by Crippen LogP contribution is -2.20. The minimum Gasteiger partial charge on any atom is -0.302 e. The zero-order valence-corrected chi connectivity index (χ0v) is 9.79. The molecule has 2 heteroatoms. The molecule has 0 aromatic heterocycles. The maximum absolute atomic E-state index is 10.8. The van der Waals surface area contributed by atoms with Crippen LogP contribution in [0.15, 0.2) is 24.3 Å². The van der Waals surface area contributed by atoms with Gasteiger partial charge in [0.25, 0.3) is 0 Å². The van der Waals surface area contributed by atoms with E-state index in [1.54, 1.807) is 6.92 Å². The van der Waals surface area contributed by atoms with Crippen molar-refractivity contribution in [3.8, 4) is 0 Å². The molecule has 0 bridgehead atoms. The van der Waals surface area contributed by atoms with Crippen LogP contribution in [-0.4, -0.2) is 24.3 Å². The molecule has 82 valence electrons. The van der Waals surface area contributed by atoms with Crippen molar-refractivity contribution in [2.75, 3.05) is 13.6 Å². The number of ketones is 1. The number of rotatable bonds is 5. The Morgan fingerprint density at radius 1 is 1.40 bits per heavy atom. The van der Waals surface area contributed by atoms with Crippen LogP contribution in [0.2, 0.25) is 0 Å². The highest BCUT2D eigenvalue weighted by Crippen LogP contribution is 2.06. The lowest BCUT2D eigenvalue weighted by atomic mass is 10.1. The first-order valence-electron chi connectivity index (χ1n) is 5.31. The third-order valence-electron chi connectivity index (χ3n) is 2.38. The molecule has 0 fully saturated rings. The summed E-state index contributed by atoms with van der Waals surface area (Å²) in [6.45, 7) is 5.48. The standard InChI is InChI=1S/C13H19NO/c1-11-5-4-6-13(9-11)10-14(3)8-7-12(2)15/h4-6,9H,7-8,10H2,1-3H3. The number of aryl methyl sites for hydroxylation is 1. The molecule has 0 atom stereocenters. The summed E-state index contributed by atoms with van der Waals surface area (Å²) in [4.78, 5) is 13.0. The van der Waals surface area contributed by atoms with Gasteiger partial charge in [0, 0.05) is 19.5 Å². The smallest absolute Gasteiger partial charge is 0.131 e. The van der Waals surface area contributed by atoms with Gasteiger partial charge in [-0.15, -0.1) is 0 Å². The zero-order chi connectivity index (χ0) is 11.3. The molecule has 0 spiro atoms. The molecule has 1 aromatic rings. The van der Waals surface area contributed by atoms with E-state index in [0.29, 0.717) is 6.42 Å². The van der Waals surface area contributed by atoms with Crippen molar-refractivity contribution >= 4 is 5.78 Å². The largest absolute Gasteiger partial charge is 0.302 e. The molecule has 1 rings (SSSR count). The molecule has 0 unspecified atom stereocenters. The molecule has 0 aliphatic heterocycles. The van der Waals surface area contributed by atoms with E-state index in [2.05, 4.69) is 36.1 Å². The molecule has 0 amide bonds. The zero-order valence-electron chi connectivity index (χ0n) is 9.79. The first-order valence-corrected chi connectivity index (χ1v) is 5.31. The van der Waals surface area contributed by atoms with Crippen molar-refractivity contribution in [3.05, 3.63) is 35.4 Å². The fraction of sp³-hybridized carbons (Fsp3) is 0.462. The summed E-state index contributed by atoms with van der Waals surface area (Å²) in [5.41, 5.74) is 2.59. The maximum atomic E-state index is 10.8. The second-order valence-electron chi connectivity index (χ2n) is 4.18. The van der Waals surface area contributed by atoms with Crippen LogP contribution in [0.25, 0.3) is 0 Å². The number of nitrogens with zero attached hydrogens (tertiary/aromatic N) is 1. The first-order chi connectivity index (χ1) is 7.08. The SMILES string of the molecule is CC(=O)CCN(C)Cc1cccc(C)c1. The highest BCUT2D eigenvalue weighted by atomic mass is 16.1. The number of hydrogen-bond donors (Lipinski definition) is 0. The van der Waals surface area contributed by atoms with E-state index in [9.17, 15) is 4.79 Å². The highest BCUT2D eigenvalue weighted by molar-refractivity contribution is 5.75. The Bertz CT molecular complexity index is 333. The van der Waals surface area contributed by atoms with Crippen molar-refractivity contribution in [3.63, 3.8) is 0 Å². The molecule has 1 aromatic carbocycles. The van der Waals surface area contributed by atoms with Crippen LogP contribution >= 0.6 is 0 Å². The summed E-state index contributed by atoms with van der Waals surface area (Å²) in [6.07, 6.45) is 0.641. The van der Waals surface area contributed by atoms with Crippen LogP contribution in [0.4, 0.5) is 0 Å². The summed E-state index contributed by atoms with van der Waals surface area (Å²) < 4.78 is 0. The lowest BCUT2D eigenvalue weighted by molar-refractivity contribution is -0.117. The van der Waals surface area contributed by atoms with Crippen LogP contribution in [-0.2, 0) is 11.3 Å². The van der Waals surface area contributed by atoms with E-state index in [1.807, 2.05) is 7.05 Å². The van der Waals surface area contributed by atoms with E-state index < -0.39 is 0 Å². The van der Waals surface area contributed by atoms with E-state index >= 15 is 0 Å².